The van der Waals surface area contributed by atoms with Gasteiger partial charge in [0.1, 0.15) is 5.75 Å². The van der Waals surface area contributed by atoms with Gasteiger partial charge in [0.05, 0.1) is 0 Å². The van der Waals surface area contributed by atoms with E-state index in [9.17, 15) is 13.2 Å². The molecule has 0 aliphatic rings. The molecule has 1 aromatic heterocycles. The van der Waals surface area contributed by atoms with Crippen molar-refractivity contribution in [3.05, 3.63) is 90.1 Å². The Labute approximate surface area is 179 Å². The molecule has 0 bridgehead atoms. The van der Waals surface area contributed by atoms with Crippen LogP contribution in [0.1, 0.15) is 31.9 Å². The lowest BCUT2D eigenvalue weighted by molar-refractivity contribution is -0.274. The van der Waals surface area contributed by atoms with Crippen molar-refractivity contribution < 1.29 is 17.9 Å². The molecular formula is C26H24F3NO. The zero-order valence-electron chi connectivity index (χ0n) is 17.7. The minimum absolute atomic E-state index is 0.119. The SMILES string of the molecule is CC(C)(C)c1ccc(Cn2ccc3ccc(-c4ccc(OC(F)(F)F)cc4)cc32)cc1. The standard InChI is InChI=1S/C26H24F3NO/c1-25(2,3)22-10-4-18(5-11-22)17-30-15-14-20-6-7-21(16-24(20)30)19-8-12-23(13-9-19)31-26(27,28)29/h4-16H,17H2,1-3H3. The lowest BCUT2D eigenvalue weighted by Crippen LogP contribution is -2.16. The Morgan fingerprint density at radius 2 is 1.42 bits per heavy atom. The van der Waals surface area contributed by atoms with Gasteiger partial charge in [-0.1, -0.05) is 69.3 Å². The van der Waals surface area contributed by atoms with Gasteiger partial charge in [0.2, 0.25) is 0 Å². The van der Waals surface area contributed by atoms with Crippen molar-refractivity contribution in [3.8, 4) is 16.9 Å². The van der Waals surface area contributed by atoms with E-state index in [1.165, 1.54) is 23.3 Å². The van der Waals surface area contributed by atoms with Gasteiger partial charge >= 0.3 is 6.36 Å². The van der Waals surface area contributed by atoms with Gasteiger partial charge in [-0.05, 0) is 57.3 Å². The number of aromatic nitrogens is 1. The van der Waals surface area contributed by atoms with Crippen LogP contribution in [0.25, 0.3) is 22.0 Å². The van der Waals surface area contributed by atoms with E-state index in [4.69, 9.17) is 0 Å². The van der Waals surface area contributed by atoms with Crippen molar-refractivity contribution in [2.45, 2.75) is 39.1 Å². The molecule has 5 heteroatoms. The van der Waals surface area contributed by atoms with E-state index in [-0.39, 0.29) is 11.2 Å². The van der Waals surface area contributed by atoms with Gasteiger partial charge in [-0.2, -0.15) is 0 Å². The molecule has 2 nitrogen and oxygen atoms in total. The Morgan fingerprint density at radius 1 is 0.774 bits per heavy atom. The van der Waals surface area contributed by atoms with Gasteiger partial charge in [0.15, 0.2) is 0 Å². The number of ether oxygens (including phenoxy) is 1. The molecule has 4 aromatic rings. The Kier molecular flexibility index (Phi) is 5.29. The maximum absolute atomic E-state index is 12.4. The minimum Gasteiger partial charge on any atom is -0.406 e. The Bertz CT molecular complexity index is 1180. The summed E-state index contributed by atoms with van der Waals surface area (Å²) in [5, 5.41) is 1.12. The molecule has 0 saturated heterocycles. The maximum Gasteiger partial charge on any atom is 0.573 e. The lowest BCUT2D eigenvalue weighted by atomic mass is 9.87. The number of hydrogen-bond acceptors (Lipinski definition) is 1. The maximum atomic E-state index is 12.4. The van der Waals surface area contributed by atoms with E-state index >= 15 is 0 Å². The molecule has 0 N–H and O–H groups in total. The van der Waals surface area contributed by atoms with Crippen molar-refractivity contribution in [2.24, 2.45) is 0 Å². The zero-order chi connectivity index (χ0) is 22.2. The molecule has 0 fully saturated rings. The second-order valence-electron chi connectivity index (χ2n) is 8.74. The number of fused-ring (bicyclic) bond motifs is 1. The molecular weight excluding hydrogens is 399 g/mol. The molecule has 0 radical (unpaired) electrons. The molecule has 0 aliphatic carbocycles. The molecule has 0 aliphatic heterocycles. The highest BCUT2D eigenvalue weighted by molar-refractivity contribution is 5.85. The molecule has 4 rings (SSSR count). The van der Waals surface area contributed by atoms with Gasteiger partial charge in [-0.15, -0.1) is 13.2 Å². The quantitative estimate of drug-likeness (QED) is 0.330. The van der Waals surface area contributed by atoms with Crippen LogP contribution in [0.3, 0.4) is 0 Å². The zero-order valence-corrected chi connectivity index (χ0v) is 17.7. The fourth-order valence-corrected chi connectivity index (χ4v) is 3.66. The molecule has 3 aromatic carbocycles. The highest BCUT2D eigenvalue weighted by atomic mass is 19.4. The predicted molar refractivity (Wildman–Crippen MR) is 118 cm³/mol. The van der Waals surface area contributed by atoms with Gasteiger partial charge in [-0.3, -0.25) is 0 Å². The molecule has 1 heterocycles. The summed E-state index contributed by atoms with van der Waals surface area (Å²) in [6.45, 7) is 7.34. The van der Waals surface area contributed by atoms with E-state index in [1.807, 2.05) is 12.1 Å². The van der Waals surface area contributed by atoms with E-state index in [0.717, 1.165) is 28.6 Å². The average Bonchev–Trinajstić information content (AvgIpc) is 3.09. The van der Waals surface area contributed by atoms with E-state index in [1.54, 1.807) is 12.1 Å². The van der Waals surface area contributed by atoms with Gasteiger partial charge < -0.3 is 9.30 Å². The predicted octanol–water partition coefficient (Wildman–Crippen LogP) is 7.55. The first-order valence-corrected chi connectivity index (χ1v) is 10.1. The number of halogens is 3. The summed E-state index contributed by atoms with van der Waals surface area (Å²) >= 11 is 0. The van der Waals surface area contributed by atoms with Crippen LogP contribution < -0.4 is 4.74 Å². The first-order chi connectivity index (χ1) is 14.6. The average molecular weight is 423 g/mol. The number of hydrogen-bond donors (Lipinski definition) is 0. The fraction of sp³-hybridized carbons (Fsp3) is 0.231. The second kappa shape index (κ2) is 7.80. The lowest BCUT2D eigenvalue weighted by Gasteiger charge is -2.19. The fourth-order valence-electron chi connectivity index (χ4n) is 3.66. The summed E-state index contributed by atoms with van der Waals surface area (Å²) in [4.78, 5) is 0. The van der Waals surface area contributed by atoms with Crippen LogP contribution in [0.15, 0.2) is 79.0 Å². The topological polar surface area (TPSA) is 14.2 Å². The first-order valence-electron chi connectivity index (χ1n) is 10.1. The van der Waals surface area contributed by atoms with Crippen molar-refractivity contribution in [1.82, 2.24) is 4.57 Å². The van der Waals surface area contributed by atoms with Crippen LogP contribution in [0.2, 0.25) is 0 Å². The number of benzene rings is 3. The van der Waals surface area contributed by atoms with Crippen LogP contribution >= 0.6 is 0 Å². The Balaban J connectivity index is 1.59. The van der Waals surface area contributed by atoms with E-state index in [0.29, 0.717) is 0 Å². The summed E-state index contributed by atoms with van der Waals surface area (Å²) in [7, 11) is 0. The summed E-state index contributed by atoms with van der Waals surface area (Å²) in [6.07, 6.45) is -2.63. The van der Waals surface area contributed by atoms with Crippen LogP contribution in [-0.2, 0) is 12.0 Å². The van der Waals surface area contributed by atoms with Crippen molar-refractivity contribution >= 4 is 10.9 Å². The van der Waals surface area contributed by atoms with E-state index in [2.05, 4.69) is 72.7 Å². The monoisotopic (exact) mass is 423 g/mol. The largest absolute Gasteiger partial charge is 0.573 e. The van der Waals surface area contributed by atoms with Crippen LogP contribution in [0.4, 0.5) is 13.2 Å². The molecule has 0 unspecified atom stereocenters. The summed E-state index contributed by atoms with van der Waals surface area (Å²) < 4.78 is 43.3. The molecule has 31 heavy (non-hydrogen) atoms. The summed E-state index contributed by atoms with van der Waals surface area (Å²) in [5.41, 5.74) is 5.48. The van der Waals surface area contributed by atoms with Crippen LogP contribution in [0.5, 0.6) is 5.75 Å². The van der Waals surface area contributed by atoms with Crippen LogP contribution in [-0.4, -0.2) is 10.9 Å². The number of alkyl halides is 3. The third kappa shape index (κ3) is 4.93. The Hall–Kier alpha value is -3.21. The van der Waals surface area contributed by atoms with Crippen LogP contribution in [0, 0.1) is 0 Å². The molecule has 160 valence electrons. The molecule has 0 atom stereocenters. The smallest absolute Gasteiger partial charge is 0.406 e. The van der Waals surface area contributed by atoms with Crippen molar-refractivity contribution in [3.63, 3.8) is 0 Å². The molecule has 0 amide bonds. The van der Waals surface area contributed by atoms with E-state index < -0.39 is 6.36 Å². The van der Waals surface area contributed by atoms with Crippen molar-refractivity contribution in [2.75, 3.05) is 0 Å². The third-order valence-corrected chi connectivity index (χ3v) is 5.37. The van der Waals surface area contributed by atoms with Crippen molar-refractivity contribution in [1.29, 1.82) is 0 Å². The Morgan fingerprint density at radius 3 is 2.03 bits per heavy atom. The van der Waals surface area contributed by atoms with Gasteiger partial charge in [0, 0.05) is 18.3 Å². The molecule has 0 spiro atoms. The van der Waals surface area contributed by atoms with Gasteiger partial charge in [0.25, 0.3) is 0 Å². The summed E-state index contributed by atoms with van der Waals surface area (Å²) in [6, 6.07) is 22.8. The van der Waals surface area contributed by atoms with Gasteiger partial charge in [-0.25, -0.2) is 0 Å². The highest BCUT2D eigenvalue weighted by Gasteiger charge is 2.30. The minimum atomic E-state index is -4.69. The summed E-state index contributed by atoms with van der Waals surface area (Å²) in [5.74, 6) is -0.223. The molecule has 0 saturated carbocycles. The highest BCUT2D eigenvalue weighted by Crippen LogP contribution is 2.29. The third-order valence-electron chi connectivity index (χ3n) is 5.37. The normalized spacial score (nSPS) is 12.3. The number of nitrogens with zero attached hydrogens (tertiary/aromatic N) is 1. The first kappa shape index (κ1) is 21.0. The number of rotatable bonds is 4. The second-order valence-corrected chi connectivity index (χ2v) is 8.74.